The predicted octanol–water partition coefficient (Wildman–Crippen LogP) is 5.61. The second-order valence-electron chi connectivity index (χ2n) is 10.7. The van der Waals surface area contributed by atoms with E-state index in [1.807, 2.05) is 37.4 Å². The molecule has 0 unspecified atom stereocenters. The maximum absolute atomic E-state index is 12.5. The number of carbonyl (C=O) groups excluding carboxylic acids is 1. The van der Waals surface area contributed by atoms with Crippen molar-refractivity contribution in [3.8, 4) is 0 Å². The highest BCUT2D eigenvalue weighted by Gasteiger charge is 2.27. The number of piperazine rings is 1. The average molecular weight is 543 g/mol. The zero-order valence-electron chi connectivity index (χ0n) is 23.6. The summed E-state index contributed by atoms with van der Waals surface area (Å²) in [6.07, 6.45) is 0.714. The van der Waals surface area contributed by atoms with Crippen molar-refractivity contribution >= 4 is 40.6 Å². The summed E-state index contributed by atoms with van der Waals surface area (Å²) in [4.78, 5) is 21.5. The number of hydrogen-bond acceptors (Lipinski definition) is 8. The standard InChI is InChI=1S/C29H42N4O4S/c1-7-21-18-23(31-10-12-33(13-11-31)28(34)37-29(2,3)4)20-26-27(21)30-24-9-8-22(19-25(24)38-26)32(14-16-35-5)15-17-36-6/h8-9,18-20,30H,7,10-17H2,1-6H3. The number of nitrogens with zero attached hydrogens (tertiary/aromatic N) is 3. The van der Waals surface area contributed by atoms with Crippen molar-refractivity contribution in [3.63, 3.8) is 0 Å². The molecular formula is C29H42N4O4S. The Morgan fingerprint density at radius 1 is 1.00 bits per heavy atom. The highest BCUT2D eigenvalue weighted by Crippen LogP contribution is 2.48. The lowest BCUT2D eigenvalue weighted by atomic mass is 10.1. The Hall–Kier alpha value is -2.62. The number of ether oxygens (including phenoxy) is 3. The molecule has 8 nitrogen and oxygen atoms in total. The first kappa shape index (κ1) is 28.4. The Kier molecular flexibility index (Phi) is 9.33. The molecule has 1 N–H and O–H groups in total. The van der Waals surface area contributed by atoms with Crippen LogP contribution in [0.4, 0.5) is 27.5 Å². The molecule has 1 amide bonds. The van der Waals surface area contributed by atoms with Crippen molar-refractivity contribution in [2.75, 3.05) is 81.8 Å². The molecule has 0 aromatic heterocycles. The van der Waals surface area contributed by atoms with Gasteiger partial charge < -0.3 is 34.2 Å². The van der Waals surface area contributed by atoms with Crippen LogP contribution in [-0.2, 0) is 20.6 Å². The van der Waals surface area contributed by atoms with Gasteiger partial charge in [0.25, 0.3) is 0 Å². The van der Waals surface area contributed by atoms with Crippen molar-refractivity contribution in [2.45, 2.75) is 49.5 Å². The number of carbonyl (C=O) groups is 1. The maximum Gasteiger partial charge on any atom is 0.410 e. The molecule has 2 aromatic carbocycles. The first-order chi connectivity index (χ1) is 18.2. The molecule has 38 heavy (non-hydrogen) atoms. The number of methoxy groups -OCH3 is 2. The number of hydrogen-bond donors (Lipinski definition) is 1. The Bertz CT molecular complexity index is 1100. The molecule has 1 fully saturated rings. The number of rotatable bonds is 9. The van der Waals surface area contributed by atoms with Crippen LogP contribution in [0.25, 0.3) is 0 Å². The van der Waals surface area contributed by atoms with Crippen molar-refractivity contribution < 1.29 is 19.0 Å². The van der Waals surface area contributed by atoms with Crippen LogP contribution in [0.2, 0.25) is 0 Å². The SMILES string of the molecule is CCc1cc(N2CCN(C(=O)OC(C)(C)C)CC2)cc2c1Nc1ccc(N(CCOC)CCOC)cc1S2. The zero-order valence-corrected chi connectivity index (χ0v) is 24.5. The van der Waals surface area contributed by atoms with E-state index in [9.17, 15) is 4.79 Å². The molecule has 1 saturated heterocycles. The molecule has 9 heteroatoms. The normalized spacial score (nSPS) is 15.0. The third-order valence-electron chi connectivity index (χ3n) is 6.79. The second-order valence-corrected chi connectivity index (χ2v) is 11.7. The van der Waals surface area contributed by atoms with Gasteiger partial charge in [-0.3, -0.25) is 0 Å². The number of anilines is 4. The van der Waals surface area contributed by atoms with E-state index >= 15 is 0 Å². The van der Waals surface area contributed by atoms with Crippen LogP contribution in [0.1, 0.15) is 33.3 Å². The van der Waals surface area contributed by atoms with E-state index in [0.717, 1.165) is 38.3 Å². The lowest BCUT2D eigenvalue weighted by Gasteiger charge is -2.37. The van der Waals surface area contributed by atoms with Gasteiger partial charge in [-0.05, 0) is 63.1 Å². The molecule has 2 heterocycles. The molecule has 0 saturated carbocycles. The summed E-state index contributed by atoms with van der Waals surface area (Å²) >= 11 is 1.82. The van der Waals surface area contributed by atoms with Crippen molar-refractivity contribution in [3.05, 3.63) is 35.9 Å². The number of benzene rings is 2. The van der Waals surface area contributed by atoms with Gasteiger partial charge in [-0.1, -0.05) is 18.7 Å². The number of fused-ring (bicyclic) bond motifs is 2. The summed E-state index contributed by atoms with van der Waals surface area (Å²) in [5, 5.41) is 3.71. The molecule has 2 aliphatic rings. The Morgan fingerprint density at radius 2 is 1.68 bits per heavy atom. The van der Waals surface area contributed by atoms with Gasteiger partial charge in [-0.25, -0.2) is 4.79 Å². The van der Waals surface area contributed by atoms with E-state index in [1.54, 1.807) is 14.2 Å². The van der Waals surface area contributed by atoms with E-state index in [-0.39, 0.29) is 6.09 Å². The van der Waals surface area contributed by atoms with Gasteiger partial charge >= 0.3 is 6.09 Å². The summed E-state index contributed by atoms with van der Waals surface area (Å²) in [5.74, 6) is 0. The highest BCUT2D eigenvalue weighted by molar-refractivity contribution is 7.99. The maximum atomic E-state index is 12.5. The quantitative estimate of drug-likeness (QED) is 0.374. The van der Waals surface area contributed by atoms with Gasteiger partial charge in [0.1, 0.15) is 5.60 Å². The van der Waals surface area contributed by atoms with Gasteiger partial charge in [0.15, 0.2) is 0 Å². The summed E-state index contributed by atoms with van der Waals surface area (Å²) < 4.78 is 16.2. The Morgan fingerprint density at radius 3 is 2.29 bits per heavy atom. The Labute approximate surface area is 231 Å². The first-order valence-corrected chi connectivity index (χ1v) is 14.3. The molecule has 2 aromatic rings. The number of amides is 1. The monoisotopic (exact) mass is 542 g/mol. The van der Waals surface area contributed by atoms with Crippen molar-refractivity contribution in [2.24, 2.45) is 0 Å². The van der Waals surface area contributed by atoms with Crippen molar-refractivity contribution in [1.82, 2.24) is 4.90 Å². The molecule has 0 aliphatic carbocycles. The summed E-state index contributed by atoms with van der Waals surface area (Å²) in [6, 6.07) is 11.2. The van der Waals surface area contributed by atoms with Crippen LogP contribution in [-0.4, -0.2) is 83.3 Å². The predicted molar refractivity (Wildman–Crippen MR) is 156 cm³/mol. The third kappa shape index (κ3) is 6.87. The third-order valence-corrected chi connectivity index (χ3v) is 7.89. The van der Waals surface area contributed by atoms with Crippen LogP contribution in [0, 0.1) is 0 Å². The second kappa shape index (κ2) is 12.5. The Balaban J connectivity index is 1.51. The molecule has 0 bridgehead atoms. The zero-order chi connectivity index (χ0) is 27.3. The van der Waals surface area contributed by atoms with Gasteiger partial charge in [0.2, 0.25) is 0 Å². The van der Waals surface area contributed by atoms with Crippen LogP contribution in [0.5, 0.6) is 0 Å². The minimum atomic E-state index is -0.478. The molecule has 0 atom stereocenters. The minimum Gasteiger partial charge on any atom is -0.444 e. The fourth-order valence-electron chi connectivity index (χ4n) is 4.74. The highest BCUT2D eigenvalue weighted by atomic mass is 32.2. The molecule has 2 aliphatic heterocycles. The van der Waals surface area contributed by atoms with E-state index in [2.05, 4.69) is 52.4 Å². The van der Waals surface area contributed by atoms with Gasteiger partial charge in [-0.15, -0.1) is 0 Å². The van der Waals surface area contributed by atoms with Crippen LogP contribution in [0.3, 0.4) is 0 Å². The molecule has 0 spiro atoms. The first-order valence-electron chi connectivity index (χ1n) is 13.4. The van der Waals surface area contributed by atoms with Gasteiger partial charge in [0.05, 0.1) is 24.6 Å². The number of aryl methyl sites for hydroxylation is 1. The summed E-state index contributed by atoms with van der Waals surface area (Å²) in [5.41, 5.74) is 5.54. The fraction of sp³-hybridized carbons (Fsp3) is 0.552. The van der Waals surface area contributed by atoms with Gasteiger partial charge in [-0.2, -0.15) is 0 Å². The van der Waals surface area contributed by atoms with E-state index in [0.29, 0.717) is 26.3 Å². The molecular weight excluding hydrogens is 500 g/mol. The largest absolute Gasteiger partial charge is 0.444 e. The van der Waals surface area contributed by atoms with Gasteiger partial charge in [0, 0.05) is 74.7 Å². The number of nitrogens with one attached hydrogen (secondary N) is 1. The molecule has 4 rings (SSSR count). The lowest BCUT2D eigenvalue weighted by Crippen LogP contribution is -2.50. The minimum absolute atomic E-state index is 0.228. The fourth-order valence-corrected chi connectivity index (χ4v) is 5.85. The topological polar surface area (TPSA) is 66.5 Å². The van der Waals surface area contributed by atoms with Crippen LogP contribution < -0.4 is 15.1 Å². The molecule has 208 valence electrons. The summed E-state index contributed by atoms with van der Waals surface area (Å²) in [6.45, 7) is 13.8. The van der Waals surface area contributed by atoms with Crippen LogP contribution in [0.15, 0.2) is 40.1 Å². The smallest absolute Gasteiger partial charge is 0.410 e. The summed E-state index contributed by atoms with van der Waals surface area (Å²) in [7, 11) is 3.47. The lowest BCUT2D eigenvalue weighted by molar-refractivity contribution is 0.0240. The van der Waals surface area contributed by atoms with E-state index in [1.165, 1.54) is 32.4 Å². The van der Waals surface area contributed by atoms with E-state index in [4.69, 9.17) is 14.2 Å². The average Bonchev–Trinajstić information content (AvgIpc) is 2.90. The van der Waals surface area contributed by atoms with E-state index < -0.39 is 5.60 Å². The molecule has 0 radical (unpaired) electrons. The van der Waals surface area contributed by atoms with Crippen LogP contribution >= 0.6 is 11.8 Å². The van der Waals surface area contributed by atoms with Crippen molar-refractivity contribution in [1.29, 1.82) is 0 Å².